The van der Waals surface area contributed by atoms with E-state index in [1.54, 1.807) is 25.6 Å². The molecular formula is C20H26N4O3. The minimum atomic E-state index is -0.285. The number of amides is 1. The number of aliphatic hydroxyl groups excluding tert-OH is 1. The second kappa shape index (κ2) is 8.92. The van der Waals surface area contributed by atoms with Crippen LogP contribution < -0.4 is 10.1 Å². The number of pyridine rings is 2. The SMILES string of the molecule is COc1ccc(C(NC(=O)CN(C)Cc2ccccn2)C2CC(O)C2)cn1. The Morgan fingerprint density at radius 3 is 2.74 bits per heavy atom. The molecule has 2 aromatic rings. The normalized spacial score (nSPS) is 20.0. The first kappa shape index (κ1) is 19.3. The molecule has 3 rings (SSSR count). The van der Waals surface area contributed by atoms with Crippen LogP contribution in [0.2, 0.25) is 0 Å². The molecule has 27 heavy (non-hydrogen) atoms. The van der Waals surface area contributed by atoms with Gasteiger partial charge in [0.1, 0.15) is 0 Å². The first-order valence-corrected chi connectivity index (χ1v) is 9.11. The molecular weight excluding hydrogens is 344 g/mol. The van der Waals surface area contributed by atoms with Gasteiger partial charge in [-0.1, -0.05) is 12.1 Å². The van der Waals surface area contributed by atoms with E-state index in [9.17, 15) is 9.90 Å². The number of nitrogens with one attached hydrogen (secondary N) is 1. The molecule has 0 aromatic carbocycles. The molecule has 0 saturated heterocycles. The first-order valence-electron chi connectivity index (χ1n) is 9.11. The van der Waals surface area contributed by atoms with Crippen molar-refractivity contribution < 1.29 is 14.6 Å². The molecule has 1 amide bonds. The minimum Gasteiger partial charge on any atom is -0.481 e. The highest BCUT2D eigenvalue weighted by Crippen LogP contribution is 2.38. The Balaban J connectivity index is 1.61. The number of rotatable bonds is 8. The maximum absolute atomic E-state index is 12.6. The van der Waals surface area contributed by atoms with Gasteiger partial charge in [0.2, 0.25) is 11.8 Å². The van der Waals surface area contributed by atoms with E-state index in [4.69, 9.17) is 4.74 Å². The molecule has 0 aliphatic heterocycles. The number of hydrogen-bond donors (Lipinski definition) is 2. The first-order chi connectivity index (χ1) is 13.0. The number of hydrogen-bond acceptors (Lipinski definition) is 6. The van der Waals surface area contributed by atoms with Crippen molar-refractivity contribution in [1.82, 2.24) is 20.2 Å². The van der Waals surface area contributed by atoms with E-state index in [1.165, 1.54) is 0 Å². The average molecular weight is 370 g/mol. The van der Waals surface area contributed by atoms with Crippen LogP contribution in [0.25, 0.3) is 0 Å². The monoisotopic (exact) mass is 370 g/mol. The molecule has 2 heterocycles. The molecule has 2 aromatic heterocycles. The zero-order valence-electron chi connectivity index (χ0n) is 15.7. The highest BCUT2D eigenvalue weighted by atomic mass is 16.5. The smallest absolute Gasteiger partial charge is 0.234 e. The quantitative estimate of drug-likeness (QED) is 0.733. The number of aromatic nitrogens is 2. The molecule has 0 bridgehead atoms. The van der Waals surface area contributed by atoms with E-state index < -0.39 is 0 Å². The standard InChI is InChI=1S/C20H26N4O3/c1-24(12-16-5-3-4-8-21-16)13-18(26)23-20(15-9-17(25)10-15)14-6-7-19(27-2)22-11-14/h3-8,11,15,17,20,25H,9-10,12-13H2,1-2H3,(H,23,26). The number of nitrogens with zero attached hydrogens (tertiary/aromatic N) is 3. The van der Waals surface area contributed by atoms with Gasteiger partial charge in [-0.3, -0.25) is 14.7 Å². The van der Waals surface area contributed by atoms with Gasteiger partial charge >= 0.3 is 0 Å². The summed E-state index contributed by atoms with van der Waals surface area (Å²) in [4.78, 5) is 23.1. The van der Waals surface area contributed by atoms with Crippen LogP contribution in [-0.4, -0.2) is 52.7 Å². The molecule has 0 radical (unpaired) electrons. The van der Waals surface area contributed by atoms with E-state index in [-0.39, 0.29) is 30.5 Å². The van der Waals surface area contributed by atoms with Crippen LogP contribution in [0, 0.1) is 5.92 Å². The summed E-state index contributed by atoms with van der Waals surface area (Å²) in [6, 6.07) is 9.29. The predicted octanol–water partition coefficient (Wildman–Crippen LogP) is 1.55. The highest BCUT2D eigenvalue weighted by Gasteiger charge is 2.35. The fourth-order valence-corrected chi connectivity index (χ4v) is 3.36. The summed E-state index contributed by atoms with van der Waals surface area (Å²) >= 11 is 0. The molecule has 2 N–H and O–H groups in total. The largest absolute Gasteiger partial charge is 0.481 e. The molecule has 1 aliphatic carbocycles. The van der Waals surface area contributed by atoms with Crippen molar-refractivity contribution in [2.45, 2.75) is 31.5 Å². The third-order valence-electron chi connectivity index (χ3n) is 4.84. The Bertz CT molecular complexity index is 733. The van der Waals surface area contributed by atoms with Crippen molar-refractivity contribution >= 4 is 5.91 Å². The number of aliphatic hydroxyl groups is 1. The maximum atomic E-state index is 12.6. The Kier molecular flexibility index (Phi) is 6.36. The number of ether oxygens (including phenoxy) is 1. The van der Waals surface area contributed by atoms with Crippen LogP contribution in [0.1, 0.15) is 30.1 Å². The molecule has 1 fully saturated rings. The van der Waals surface area contributed by atoms with Crippen molar-refractivity contribution in [3.05, 3.63) is 54.0 Å². The molecule has 7 heteroatoms. The lowest BCUT2D eigenvalue weighted by Gasteiger charge is -2.38. The van der Waals surface area contributed by atoms with E-state index >= 15 is 0 Å². The number of carbonyl (C=O) groups excluding carboxylic acids is 1. The summed E-state index contributed by atoms with van der Waals surface area (Å²) in [7, 11) is 3.46. The molecule has 1 unspecified atom stereocenters. The molecule has 1 saturated carbocycles. The summed E-state index contributed by atoms with van der Waals surface area (Å²) in [5, 5.41) is 12.8. The summed E-state index contributed by atoms with van der Waals surface area (Å²) in [5.74, 6) is 0.684. The fourth-order valence-electron chi connectivity index (χ4n) is 3.36. The number of likely N-dealkylation sites (N-methyl/N-ethyl adjacent to an activating group) is 1. The van der Waals surface area contributed by atoms with Gasteiger partial charge in [-0.25, -0.2) is 4.98 Å². The van der Waals surface area contributed by atoms with Gasteiger partial charge in [0.15, 0.2) is 0 Å². The summed E-state index contributed by atoms with van der Waals surface area (Å²) in [5.41, 5.74) is 1.85. The Labute approximate surface area is 159 Å². The lowest BCUT2D eigenvalue weighted by atomic mass is 9.75. The van der Waals surface area contributed by atoms with E-state index in [1.807, 2.05) is 36.2 Å². The van der Waals surface area contributed by atoms with Gasteiger partial charge in [0, 0.05) is 25.0 Å². The van der Waals surface area contributed by atoms with Crippen LogP contribution in [0.3, 0.4) is 0 Å². The van der Waals surface area contributed by atoms with E-state index in [0.717, 1.165) is 11.3 Å². The van der Waals surface area contributed by atoms with Crippen molar-refractivity contribution in [3.63, 3.8) is 0 Å². The van der Waals surface area contributed by atoms with Gasteiger partial charge in [-0.05, 0) is 43.5 Å². The van der Waals surface area contributed by atoms with Crippen LogP contribution in [0.4, 0.5) is 0 Å². The molecule has 0 spiro atoms. The van der Waals surface area contributed by atoms with Crippen LogP contribution in [-0.2, 0) is 11.3 Å². The third kappa shape index (κ3) is 5.24. The number of methoxy groups -OCH3 is 1. The van der Waals surface area contributed by atoms with Crippen LogP contribution in [0.15, 0.2) is 42.7 Å². The fraction of sp³-hybridized carbons (Fsp3) is 0.450. The zero-order valence-corrected chi connectivity index (χ0v) is 15.7. The number of carbonyl (C=O) groups is 1. The van der Waals surface area contributed by atoms with Crippen molar-refractivity contribution in [2.75, 3.05) is 20.7 Å². The lowest BCUT2D eigenvalue weighted by molar-refractivity contribution is -0.124. The topological polar surface area (TPSA) is 87.6 Å². The van der Waals surface area contributed by atoms with Crippen molar-refractivity contribution in [1.29, 1.82) is 0 Å². The molecule has 1 atom stereocenters. The average Bonchev–Trinajstić information content (AvgIpc) is 2.64. The Hall–Kier alpha value is -2.51. The van der Waals surface area contributed by atoms with E-state index in [0.29, 0.717) is 25.3 Å². The summed E-state index contributed by atoms with van der Waals surface area (Å²) in [6.45, 7) is 0.872. The maximum Gasteiger partial charge on any atom is 0.234 e. The van der Waals surface area contributed by atoms with Crippen LogP contribution >= 0.6 is 0 Å². The van der Waals surface area contributed by atoms with Crippen molar-refractivity contribution in [2.24, 2.45) is 5.92 Å². The van der Waals surface area contributed by atoms with Gasteiger partial charge in [0.25, 0.3) is 0 Å². The molecule has 144 valence electrons. The van der Waals surface area contributed by atoms with Crippen molar-refractivity contribution in [3.8, 4) is 5.88 Å². The lowest BCUT2D eigenvalue weighted by Crippen LogP contribution is -2.44. The Morgan fingerprint density at radius 1 is 1.33 bits per heavy atom. The molecule has 1 aliphatic rings. The van der Waals surface area contributed by atoms with Gasteiger partial charge < -0.3 is 15.2 Å². The second-order valence-corrected chi connectivity index (χ2v) is 7.06. The summed E-state index contributed by atoms with van der Waals surface area (Å²) < 4.78 is 5.11. The van der Waals surface area contributed by atoms with Gasteiger partial charge in [0.05, 0.1) is 31.5 Å². The Morgan fingerprint density at radius 2 is 2.15 bits per heavy atom. The third-order valence-corrected chi connectivity index (χ3v) is 4.84. The highest BCUT2D eigenvalue weighted by molar-refractivity contribution is 5.78. The minimum absolute atomic E-state index is 0.0596. The van der Waals surface area contributed by atoms with Gasteiger partial charge in [-0.15, -0.1) is 0 Å². The van der Waals surface area contributed by atoms with Gasteiger partial charge in [-0.2, -0.15) is 0 Å². The summed E-state index contributed by atoms with van der Waals surface area (Å²) in [6.07, 6.45) is 4.55. The van der Waals surface area contributed by atoms with Crippen LogP contribution in [0.5, 0.6) is 5.88 Å². The predicted molar refractivity (Wildman–Crippen MR) is 101 cm³/mol. The second-order valence-electron chi connectivity index (χ2n) is 7.06. The molecule has 7 nitrogen and oxygen atoms in total. The zero-order chi connectivity index (χ0) is 19.2. The van der Waals surface area contributed by atoms with E-state index in [2.05, 4.69) is 15.3 Å².